The van der Waals surface area contributed by atoms with Crippen molar-refractivity contribution >= 4 is 45.8 Å². The van der Waals surface area contributed by atoms with Crippen LogP contribution in [0.5, 0.6) is 0 Å². The summed E-state index contributed by atoms with van der Waals surface area (Å²) in [6.07, 6.45) is 0.690. The molecule has 1 heterocycles. The molecule has 36 heavy (non-hydrogen) atoms. The zero-order valence-corrected chi connectivity index (χ0v) is 21.4. The molecule has 9 heteroatoms. The number of nitrogens with one attached hydrogen (secondary N) is 1. The number of thiophene rings is 1. The van der Waals surface area contributed by atoms with Crippen molar-refractivity contribution in [2.24, 2.45) is 0 Å². The van der Waals surface area contributed by atoms with E-state index in [4.69, 9.17) is 9.47 Å². The van der Waals surface area contributed by atoms with Gasteiger partial charge in [0.2, 0.25) is 0 Å². The molecule has 1 N–H and O–H groups in total. The molecule has 0 spiro atoms. The highest BCUT2D eigenvalue weighted by Crippen LogP contribution is 2.34. The second-order valence-electron chi connectivity index (χ2n) is 7.80. The molecular formula is C27H28N2O6S. The van der Waals surface area contributed by atoms with E-state index in [0.29, 0.717) is 22.7 Å². The number of ether oxygens (including phenoxy) is 2. The van der Waals surface area contributed by atoms with E-state index in [0.717, 1.165) is 10.4 Å². The van der Waals surface area contributed by atoms with E-state index in [9.17, 15) is 19.2 Å². The fourth-order valence-corrected chi connectivity index (χ4v) is 4.75. The van der Waals surface area contributed by atoms with Gasteiger partial charge in [-0.1, -0.05) is 37.3 Å². The number of rotatable bonds is 9. The molecule has 8 nitrogen and oxygen atoms in total. The van der Waals surface area contributed by atoms with Gasteiger partial charge in [-0.25, -0.2) is 9.59 Å². The van der Waals surface area contributed by atoms with E-state index in [2.05, 4.69) is 5.32 Å². The summed E-state index contributed by atoms with van der Waals surface area (Å²) in [4.78, 5) is 53.3. The number of carbonyl (C=O) groups is 4. The van der Waals surface area contributed by atoms with Crippen molar-refractivity contribution in [3.63, 3.8) is 0 Å². The summed E-state index contributed by atoms with van der Waals surface area (Å²) in [6, 6.07) is 15.3. The summed E-state index contributed by atoms with van der Waals surface area (Å²) in [5, 5.41) is 3.01. The molecule has 0 saturated heterocycles. The standard InChI is InChI=1S/C27H28N2O6S/c1-5-21-17(3)23(27(33)34-6-2)24(36-21)28-22(30)16-35-26(32)20-15-11-10-14-19(20)25(31)29(4)18-12-8-7-9-13-18/h7-15H,5-6,16H2,1-4H3,(H,28,30). The van der Waals surface area contributed by atoms with E-state index >= 15 is 0 Å². The van der Waals surface area contributed by atoms with E-state index in [1.54, 1.807) is 45.2 Å². The molecule has 0 aliphatic rings. The van der Waals surface area contributed by atoms with E-state index < -0.39 is 30.4 Å². The van der Waals surface area contributed by atoms with Crippen molar-refractivity contribution in [1.82, 2.24) is 0 Å². The fourth-order valence-electron chi connectivity index (χ4n) is 3.60. The number of hydrogen-bond acceptors (Lipinski definition) is 7. The molecule has 3 rings (SSSR count). The fraction of sp³-hybridized carbons (Fsp3) is 0.259. The molecule has 0 aliphatic heterocycles. The highest BCUT2D eigenvalue weighted by molar-refractivity contribution is 7.17. The van der Waals surface area contributed by atoms with Gasteiger partial charge < -0.3 is 19.7 Å². The number of nitrogens with zero attached hydrogens (tertiary/aromatic N) is 1. The Balaban J connectivity index is 1.72. The molecular weight excluding hydrogens is 480 g/mol. The van der Waals surface area contributed by atoms with Crippen LogP contribution in [0.3, 0.4) is 0 Å². The molecule has 2 amide bonds. The summed E-state index contributed by atoms with van der Waals surface area (Å²) < 4.78 is 10.3. The Morgan fingerprint density at radius 1 is 0.889 bits per heavy atom. The SMILES string of the molecule is CCOC(=O)c1c(NC(=O)COC(=O)c2ccccc2C(=O)N(C)c2ccccc2)sc(CC)c1C. The maximum Gasteiger partial charge on any atom is 0.341 e. The molecule has 3 aromatic rings. The third kappa shape index (κ3) is 5.98. The largest absolute Gasteiger partial charge is 0.462 e. The number of carbonyl (C=O) groups excluding carboxylic acids is 4. The predicted molar refractivity (Wildman–Crippen MR) is 139 cm³/mol. The molecule has 0 aliphatic carbocycles. The lowest BCUT2D eigenvalue weighted by atomic mass is 10.1. The second-order valence-corrected chi connectivity index (χ2v) is 8.90. The molecule has 2 aromatic carbocycles. The lowest BCUT2D eigenvalue weighted by Gasteiger charge is -2.18. The first-order chi connectivity index (χ1) is 17.3. The molecule has 0 fully saturated rings. The number of hydrogen-bond donors (Lipinski definition) is 1. The Morgan fingerprint density at radius 3 is 2.17 bits per heavy atom. The first-order valence-electron chi connectivity index (χ1n) is 11.5. The van der Waals surface area contributed by atoms with Gasteiger partial charge in [-0.15, -0.1) is 11.3 Å². The average Bonchev–Trinajstić information content (AvgIpc) is 3.21. The quantitative estimate of drug-likeness (QED) is 0.414. The minimum atomic E-state index is -0.808. The monoisotopic (exact) mass is 508 g/mol. The molecule has 0 saturated carbocycles. The maximum absolute atomic E-state index is 13.1. The Hall–Kier alpha value is -3.98. The van der Waals surface area contributed by atoms with Crippen LogP contribution < -0.4 is 10.2 Å². The van der Waals surface area contributed by atoms with Crippen LogP contribution in [0.15, 0.2) is 54.6 Å². The second kappa shape index (κ2) is 12.1. The highest BCUT2D eigenvalue weighted by atomic mass is 32.1. The van der Waals surface area contributed by atoms with Crippen LogP contribution >= 0.6 is 11.3 Å². The first-order valence-corrected chi connectivity index (χ1v) is 12.3. The van der Waals surface area contributed by atoms with Gasteiger partial charge in [0.05, 0.1) is 23.3 Å². The van der Waals surface area contributed by atoms with Gasteiger partial charge in [-0.3, -0.25) is 9.59 Å². The number of para-hydroxylation sites is 1. The number of aryl methyl sites for hydroxylation is 1. The topological polar surface area (TPSA) is 102 Å². The van der Waals surface area contributed by atoms with Crippen molar-refractivity contribution in [2.75, 3.05) is 30.5 Å². The molecule has 1 aromatic heterocycles. The van der Waals surface area contributed by atoms with Crippen molar-refractivity contribution in [3.05, 3.63) is 81.7 Å². The number of benzene rings is 2. The van der Waals surface area contributed by atoms with Crippen molar-refractivity contribution in [3.8, 4) is 0 Å². The first kappa shape index (κ1) is 26.6. The summed E-state index contributed by atoms with van der Waals surface area (Å²) in [5.41, 5.74) is 1.92. The lowest BCUT2D eigenvalue weighted by Crippen LogP contribution is -2.28. The van der Waals surface area contributed by atoms with E-state index in [1.807, 2.05) is 25.1 Å². The van der Waals surface area contributed by atoms with Gasteiger partial charge in [0.15, 0.2) is 6.61 Å². The molecule has 0 bridgehead atoms. The normalized spacial score (nSPS) is 10.4. The summed E-state index contributed by atoms with van der Waals surface area (Å²) in [5.74, 6) is -2.33. The molecule has 188 valence electrons. The van der Waals surface area contributed by atoms with Crippen LogP contribution in [0, 0.1) is 6.92 Å². The van der Waals surface area contributed by atoms with Gasteiger partial charge >= 0.3 is 11.9 Å². The lowest BCUT2D eigenvalue weighted by molar-refractivity contribution is -0.119. The van der Waals surface area contributed by atoms with Crippen LogP contribution in [-0.2, 0) is 20.7 Å². The number of esters is 2. The highest BCUT2D eigenvalue weighted by Gasteiger charge is 2.25. The van der Waals surface area contributed by atoms with Gasteiger partial charge in [-0.05, 0) is 50.1 Å². The van der Waals surface area contributed by atoms with Crippen molar-refractivity contribution in [1.29, 1.82) is 0 Å². The van der Waals surface area contributed by atoms with Gasteiger partial charge in [0.25, 0.3) is 11.8 Å². The maximum atomic E-state index is 13.1. The van der Waals surface area contributed by atoms with Gasteiger partial charge in [0, 0.05) is 17.6 Å². The zero-order valence-electron chi connectivity index (χ0n) is 20.6. The predicted octanol–water partition coefficient (Wildman–Crippen LogP) is 4.87. The Labute approximate surface area is 213 Å². The summed E-state index contributed by atoms with van der Waals surface area (Å²) in [7, 11) is 1.61. The summed E-state index contributed by atoms with van der Waals surface area (Å²) >= 11 is 1.28. The third-order valence-electron chi connectivity index (χ3n) is 5.46. The smallest absolute Gasteiger partial charge is 0.341 e. The van der Waals surface area contributed by atoms with Gasteiger partial charge in [-0.2, -0.15) is 0 Å². The summed E-state index contributed by atoms with van der Waals surface area (Å²) in [6.45, 7) is 5.08. The van der Waals surface area contributed by atoms with Crippen LogP contribution in [0.2, 0.25) is 0 Å². The van der Waals surface area contributed by atoms with Gasteiger partial charge in [0.1, 0.15) is 5.00 Å². The van der Waals surface area contributed by atoms with Crippen LogP contribution in [0.4, 0.5) is 10.7 Å². The molecule has 0 radical (unpaired) electrons. The number of amides is 2. The average molecular weight is 509 g/mol. The minimum absolute atomic E-state index is 0.0468. The third-order valence-corrected chi connectivity index (χ3v) is 6.81. The van der Waals surface area contributed by atoms with E-state index in [-0.39, 0.29) is 17.7 Å². The Morgan fingerprint density at radius 2 is 1.53 bits per heavy atom. The Kier molecular flexibility index (Phi) is 8.97. The molecule has 0 unspecified atom stereocenters. The minimum Gasteiger partial charge on any atom is -0.462 e. The molecule has 0 atom stereocenters. The van der Waals surface area contributed by atoms with Crippen LogP contribution in [-0.4, -0.2) is 44.0 Å². The van der Waals surface area contributed by atoms with E-state index in [1.165, 1.54) is 28.4 Å². The van der Waals surface area contributed by atoms with Crippen molar-refractivity contribution in [2.45, 2.75) is 27.2 Å². The zero-order chi connectivity index (χ0) is 26.2. The number of anilines is 2. The van der Waals surface area contributed by atoms with Crippen LogP contribution in [0.1, 0.15) is 55.4 Å². The van der Waals surface area contributed by atoms with Crippen molar-refractivity contribution < 1.29 is 28.7 Å². The van der Waals surface area contributed by atoms with Crippen LogP contribution in [0.25, 0.3) is 0 Å². The Bertz CT molecular complexity index is 1270.